The molecule has 0 aromatic heterocycles. The standard InChI is InChI=1S/C13H25NO5S/c1-6-19-10-7-13(16,12(10,3)4)8-14-11(15)9(2)20(5,17)18/h9-10,16H,6-8H2,1-5H3,(H,14,15)/t9-,10+,13+/m0/s1. The second kappa shape index (κ2) is 5.61. The van der Waals surface area contributed by atoms with Gasteiger partial charge >= 0.3 is 0 Å². The molecule has 1 fully saturated rings. The first-order valence-corrected chi connectivity index (χ1v) is 8.71. The molecule has 0 radical (unpaired) electrons. The SMILES string of the molecule is CCO[C@@H]1C[C@@](O)(CNC(=O)[C@H](C)S(C)(=O)=O)C1(C)C. The van der Waals surface area contributed by atoms with Crippen LogP contribution in [0.3, 0.4) is 0 Å². The summed E-state index contributed by atoms with van der Waals surface area (Å²) < 4.78 is 28.1. The van der Waals surface area contributed by atoms with Gasteiger partial charge < -0.3 is 15.2 Å². The maximum Gasteiger partial charge on any atom is 0.238 e. The van der Waals surface area contributed by atoms with Gasteiger partial charge in [0.2, 0.25) is 5.91 Å². The topological polar surface area (TPSA) is 92.7 Å². The Labute approximate surface area is 120 Å². The van der Waals surface area contributed by atoms with E-state index in [1.807, 2.05) is 20.8 Å². The van der Waals surface area contributed by atoms with Crippen LogP contribution >= 0.6 is 0 Å². The molecule has 0 aliphatic heterocycles. The molecule has 1 aliphatic carbocycles. The van der Waals surface area contributed by atoms with Gasteiger partial charge in [0, 0.05) is 31.2 Å². The number of carbonyl (C=O) groups is 1. The minimum absolute atomic E-state index is 0.0300. The van der Waals surface area contributed by atoms with Crippen molar-refractivity contribution in [2.24, 2.45) is 5.41 Å². The highest BCUT2D eigenvalue weighted by Crippen LogP contribution is 2.50. The van der Waals surface area contributed by atoms with Crippen LogP contribution in [-0.2, 0) is 19.4 Å². The van der Waals surface area contributed by atoms with E-state index in [4.69, 9.17) is 4.74 Å². The molecule has 1 rings (SSSR count). The van der Waals surface area contributed by atoms with Crippen molar-refractivity contribution in [3.05, 3.63) is 0 Å². The predicted molar refractivity (Wildman–Crippen MR) is 76.1 cm³/mol. The van der Waals surface area contributed by atoms with Crippen LogP contribution in [0.1, 0.15) is 34.1 Å². The molecule has 0 unspecified atom stereocenters. The molecule has 0 bridgehead atoms. The van der Waals surface area contributed by atoms with Gasteiger partial charge in [-0.1, -0.05) is 13.8 Å². The van der Waals surface area contributed by atoms with Crippen LogP contribution < -0.4 is 5.32 Å². The summed E-state index contributed by atoms with van der Waals surface area (Å²) in [7, 11) is -3.42. The number of sulfone groups is 1. The third-order valence-electron chi connectivity index (χ3n) is 4.46. The number of aliphatic hydroxyl groups is 1. The summed E-state index contributed by atoms with van der Waals surface area (Å²) in [4.78, 5) is 11.8. The van der Waals surface area contributed by atoms with E-state index in [1.54, 1.807) is 0 Å². The second-order valence-corrected chi connectivity index (χ2v) is 8.46. The molecule has 1 aliphatic rings. The van der Waals surface area contributed by atoms with Gasteiger partial charge in [-0.15, -0.1) is 0 Å². The first kappa shape index (κ1) is 17.4. The molecule has 1 saturated carbocycles. The number of amides is 1. The second-order valence-electron chi connectivity index (χ2n) is 6.09. The van der Waals surface area contributed by atoms with Crippen molar-refractivity contribution in [2.75, 3.05) is 19.4 Å². The lowest BCUT2D eigenvalue weighted by Gasteiger charge is -2.58. The molecule has 0 aromatic carbocycles. The van der Waals surface area contributed by atoms with Gasteiger partial charge in [0.1, 0.15) is 5.25 Å². The van der Waals surface area contributed by atoms with Gasteiger partial charge in [-0.3, -0.25) is 4.79 Å². The Morgan fingerprint density at radius 2 is 2.05 bits per heavy atom. The molecule has 6 nitrogen and oxygen atoms in total. The highest BCUT2D eigenvalue weighted by molar-refractivity contribution is 7.92. The lowest BCUT2D eigenvalue weighted by Crippen LogP contribution is -2.69. The lowest BCUT2D eigenvalue weighted by molar-refractivity contribution is -0.238. The Morgan fingerprint density at radius 1 is 1.50 bits per heavy atom. The Morgan fingerprint density at radius 3 is 2.45 bits per heavy atom. The zero-order chi connectivity index (χ0) is 15.8. The van der Waals surface area contributed by atoms with Crippen molar-refractivity contribution in [3.8, 4) is 0 Å². The zero-order valence-electron chi connectivity index (χ0n) is 12.8. The van der Waals surface area contributed by atoms with Gasteiger partial charge in [0.15, 0.2) is 9.84 Å². The monoisotopic (exact) mass is 307 g/mol. The average molecular weight is 307 g/mol. The van der Waals surface area contributed by atoms with Crippen molar-refractivity contribution in [2.45, 2.75) is 51.1 Å². The molecule has 0 heterocycles. The predicted octanol–water partition coefficient (Wildman–Crippen LogP) is 0.102. The quantitative estimate of drug-likeness (QED) is 0.726. The molecule has 2 N–H and O–H groups in total. The van der Waals surface area contributed by atoms with Gasteiger partial charge in [-0.2, -0.15) is 0 Å². The molecule has 3 atom stereocenters. The molecular weight excluding hydrogens is 282 g/mol. The van der Waals surface area contributed by atoms with Gasteiger partial charge in [0.05, 0.1) is 11.7 Å². The van der Waals surface area contributed by atoms with Crippen molar-refractivity contribution >= 4 is 15.7 Å². The summed E-state index contributed by atoms with van der Waals surface area (Å²) in [5.74, 6) is -0.586. The maximum atomic E-state index is 11.8. The van der Waals surface area contributed by atoms with Crippen LogP contribution in [0.25, 0.3) is 0 Å². The first-order valence-electron chi connectivity index (χ1n) is 6.76. The Kier molecular flexibility index (Phi) is 4.88. The molecule has 0 spiro atoms. The minimum atomic E-state index is -3.42. The lowest BCUT2D eigenvalue weighted by atomic mass is 9.56. The number of ether oxygens (including phenoxy) is 1. The van der Waals surface area contributed by atoms with Crippen LogP contribution in [0.2, 0.25) is 0 Å². The van der Waals surface area contributed by atoms with Crippen LogP contribution in [0, 0.1) is 5.41 Å². The first-order chi connectivity index (χ1) is 8.95. The molecule has 7 heteroatoms. The van der Waals surface area contributed by atoms with Crippen molar-refractivity contribution < 1.29 is 23.1 Å². The van der Waals surface area contributed by atoms with Crippen LogP contribution in [0.15, 0.2) is 0 Å². The summed E-state index contributed by atoms with van der Waals surface area (Å²) in [6.07, 6.45) is 1.40. The molecule has 0 aromatic rings. The van der Waals surface area contributed by atoms with Crippen molar-refractivity contribution in [1.29, 1.82) is 0 Å². The molecule has 118 valence electrons. The normalized spacial score (nSPS) is 30.4. The van der Waals surface area contributed by atoms with E-state index in [0.29, 0.717) is 13.0 Å². The molecule has 20 heavy (non-hydrogen) atoms. The van der Waals surface area contributed by atoms with Gasteiger partial charge in [-0.25, -0.2) is 8.42 Å². The third-order valence-corrected chi connectivity index (χ3v) is 5.96. The van der Waals surface area contributed by atoms with E-state index in [0.717, 1.165) is 6.26 Å². The van der Waals surface area contributed by atoms with Crippen LogP contribution in [-0.4, -0.2) is 55.8 Å². The summed E-state index contributed by atoms with van der Waals surface area (Å²) >= 11 is 0. The van der Waals surface area contributed by atoms with Crippen molar-refractivity contribution in [1.82, 2.24) is 5.32 Å². The highest BCUT2D eigenvalue weighted by atomic mass is 32.2. The summed E-state index contributed by atoms with van der Waals surface area (Å²) in [6.45, 7) is 7.59. The molecule has 0 saturated heterocycles. The zero-order valence-corrected chi connectivity index (χ0v) is 13.6. The van der Waals surface area contributed by atoms with Crippen LogP contribution in [0.5, 0.6) is 0 Å². The number of nitrogens with one attached hydrogen (secondary N) is 1. The Hall–Kier alpha value is -0.660. The van der Waals surface area contributed by atoms with E-state index in [-0.39, 0.29) is 12.6 Å². The smallest absolute Gasteiger partial charge is 0.238 e. The van der Waals surface area contributed by atoms with Crippen LogP contribution in [0.4, 0.5) is 0 Å². The number of hydrogen-bond donors (Lipinski definition) is 2. The Bertz CT molecular complexity index is 473. The third kappa shape index (κ3) is 3.15. The van der Waals surface area contributed by atoms with E-state index in [2.05, 4.69) is 5.32 Å². The summed E-state index contributed by atoms with van der Waals surface area (Å²) in [5.41, 5.74) is -1.55. The molecule has 1 amide bonds. The highest BCUT2D eigenvalue weighted by Gasteiger charge is 2.60. The van der Waals surface area contributed by atoms with E-state index < -0.39 is 32.0 Å². The number of carbonyl (C=O) groups excluding carboxylic acids is 1. The average Bonchev–Trinajstić information content (AvgIpc) is 2.33. The van der Waals surface area contributed by atoms with Crippen molar-refractivity contribution in [3.63, 3.8) is 0 Å². The molecular formula is C13H25NO5S. The van der Waals surface area contributed by atoms with E-state index >= 15 is 0 Å². The number of rotatable bonds is 6. The number of hydrogen-bond acceptors (Lipinski definition) is 5. The fourth-order valence-corrected chi connectivity index (χ4v) is 2.81. The summed E-state index contributed by atoms with van der Waals surface area (Å²) in [6, 6.07) is 0. The van der Waals surface area contributed by atoms with E-state index in [9.17, 15) is 18.3 Å². The van der Waals surface area contributed by atoms with Gasteiger partial charge in [0.25, 0.3) is 0 Å². The fraction of sp³-hybridized carbons (Fsp3) is 0.923. The maximum absolute atomic E-state index is 11.8. The largest absolute Gasteiger partial charge is 0.387 e. The Balaban J connectivity index is 2.61. The van der Waals surface area contributed by atoms with E-state index in [1.165, 1.54) is 6.92 Å². The van der Waals surface area contributed by atoms with Gasteiger partial charge in [-0.05, 0) is 13.8 Å². The fourth-order valence-electron chi connectivity index (χ4n) is 2.33. The summed E-state index contributed by atoms with van der Waals surface area (Å²) in [5, 5.41) is 11.9. The minimum Gasteiger partial charge on any atom is -0.387 e.